The number of aromatic nitrogens is 1. The summed E-state index contributed by atoms with van der Waals surface area (Å²) in [5, 5.41) is 10.4. The minimum Gasteiger partial charge on any atom is -0.497 e. The quantitative estimate of drug-likeness (QED) is 0.925. The normalized spacial score (nSPS) is 12.2. The molecule has 0 aliphatic carbocycles. The Kier molecular flexibility index (Phi) is 4.78. The fraction of sp³-hybridized carbons (Fsp3) is 0.312. The van der Waals surface area contributed by atoms with Gasteiger partial charge in [-0.15, -0.1) is 0 Å². The van der Waals surface area contributed by atoms with Crippen molar-refractivity contribution < 1.29 is 9.84 Å². The second kappa shape index (κ2) is 6.37. The van der Waals surface area contributed by atoms with Gasteiger partial charge in [0, 0.05) is 22.3 Å². The number of halogens is 1. The van der Waals surface area contributed by atoms with E-state index in [1.54, 1.807) is 7.11 Å². The lowest BCUT2D eigenvalue weighted by Gasteiger charge is -2.14. The summed E-state index contributed by atoms with van der Waals surface area (Å²) in [5.41, 5.74) is 3.75. The van der Waals surface area contributed by atoms with E-state index in [1.165, 1.54) is 0 Å². The van der Waals surface area contributed by atoms with E-state index in [0.717, 1.165) is 32.7 Å². The van der Waals surface area contributed by atoms with Gasteiger partial charge in [0.15, 0.2) is 0 Å². The van der Waals surface area contributed by atoms with Gasteiger partial charge in [0.1, 0.15) is 5.75 Å². The average molecular weight is 336 g/mol. The third kappa shape index (κ3) is 3.58. The summed E-state index contributed by atoms with van der Waals surface area (Å²) in [6, 6.07) is 9.61. The van der Waals surface area contributed by atoms with Crippen LogP contribution in [0.15, 0.2) is 34.8 Å². The Morgan fingerprint density at radius 3 is 2.45 bits per heavy atom. The minimum absolute atomic E-state index is 0.528. The first-order chi connectivity index (χ1) is 9.49. The first kappa shape index (κ1) is 15.0. The zero-order chi connectivity index (χ0) is 14.7. The van der Waals surface area contributed by atoms with E-state index in [0.29, 0.717) is 6.42 Å². The van der Waals surface area contributed by atoms with Crippen molar-refractivity contribution in [2.24, 2.45) is 0 Å². The molecular formula is C16H18BrNO2. The van der Waals surface area contributed by atoms with E-state index >= 15 is 0 Å². The lowest BCUT2D eigenvalue weighted by molar-refractivity contribution is 0.178. The number of hydrogen-bond donors (Lipinski definition) is 1. The van der Waals surface area contributed by atoms with E-state index in [2.05, 4.69) is 20.9 Å². The molecule has 2 rings (SSSR count). The first-order valence-electron chi connectivity index (χ1n) is 6.45. The molecule has 1 heterocycles. The van der Waals surface area contributed by atoms with Gasteiger partial charge in [0.2, 0.25) is 0 Å². The number of nitrogens with zero attached hydrogens (tertiary/aromatic N) is 1. The monoisotopic (exact) mass is 335 g/mol. The lowest BCUT2D eigenvalue weighted by atomic mass is 10.0. The smallest absolute Gasteiger partial charge is 0.119 e. The number of aliphatic hydroxyl groups is 1. The third-order valence-corrected chi connectivity index (χ3v) is 3.93. The molecule has 1 N–H and O–H groups in total. The number of rotatable bonds is 4. The number of methoxy groups -OCH3 is 1. The average Bonchev–Trinajstić information content (AvgIpc) is 2.40. The van der Waals surface area contributed by atoms with Gasteiger partial charge in [0.25, 0.3) is 0 Å². The molecule has 0 amide bonds. The van der Waals surface area contributed by atoms with Crippen molar-refractivity contribution in [2.45, 2.75) is 26.4 Å². The molecule has 2 aromatic rings. The van der Waals surface area contributed by atoms with Crippen LogP contribution in [0.1, 0.15) is 28.6 Å². The SMILES string of the molecule is COc1ccc(Br)c(CC(O)c2cc(C)nc(C)c2)c1. The summed E-state index contributed by atoms with van der Waals surface area (Å²) in [5.74, 6) is 0.789. The molecule has 1 aromatic heterocycles. The molecule has 1 atom stereocenters. The largest absolute Gasteiger partial charge is 0.497 e. The number of aryl methyl sites for hydroxylation is 2. The molecular weight excluding hydrogens is 318 g/mol. The second-order valence-electron chi connectivity index (χ2n) is 4.86. The number of benzene rings is 1. The third-order valence-electron chi connectivity index (χ3n) is 3.15. The van der Waals surface area contributed by atoms with Crippen molar-refractivity contribution in [3.8, 4) is 5.75 Å². The predicted molar refractivity (Wildman–Crippen MR) is 83.1 cm³/mol. The number of aliphatic hydroxyl groups excluding tert-OH is 1. The maximum atomic E-state index is 10.4. The van der Waals surface area contributed by atoms with Crippen molar-refractivity contribution >= 4 is 15.9 Å². The Morgan fingerprint density at radius 2 is 1.85 bits per heavy atom. The van der Waals surface area contributed by atoms with E-state index in [1.807, 2.05) is 44.2 Å². The molecule has 0 bridgehead atoms. The number of hydrogen-bond acceptors (Lipinski definition) is 3. The Balaban J connectivity index is 2.24. The van der Waals surface area contributed by atoms with E-state index in [4.69, 9.17) is 4.74 Å². The van der Waals surface area contributed by atoms with Crippen LogP contribution in [-0.4, -0.2) is 17.2 Å². The van der Waals surface area contributed by atoms with Crippen LogP contribution in [0, 0.1) is 13.8 Å². The fourth-order valence-electron chi connectivity index (χ4n) is 2.22. The summed E-state index contributed by atoms with van der Waals surface area (Å²) < 4.78 is 6.19. The van der Waals surface area contributed by atoms with Gasteiger partial charge in [-0.3, -0.25) is 4.98 Å². The Hall–Kier alpha value is -1.39. The van der Waals surface area contributed by atoms with E-state index in [-0.39, 0.29) is 0 Å². The van der Waals surface area contributed by atoms with Crippen LogP contribution in [0.5, 0.6) is 5.75 Å². The van der Waals surface area contributed by atoms with Gasteiger partial charge in [0.05, 0.1) is 13.2 Å². The second-order valence-corrected chi connectivity index (χ2v) is 5.71. The Labute approximate surface area is 127 Å². The van der Waals surface area contributed by atoms with Gasteiger partial charge in [-0.2, -0.15) is 0 Å². The summed E-state index contributed by atoms with van der Waals surface area (Å²) in [7, 11) is 1.64. The molecule has 4 heteroatoms. The van der Waals surface area contributed by atoms with Crippen LogP contribution in [0.3, 0.4) is 0 Å². The highest BCUT2D eigenvalue weighted by Gasteiger charge is 2.13. The van der Waals surface area contributed by atoms with Crippen molar-refractivity contribution in [3.63, 3.8) is 0 Å². The highest BCUT2D eigenvalue weighted by Crippen LogP contribution is 2.27. The first-order valence-corrected chi connectivity index (χ1v) is 7.24. The molecule has 0 radical (unpaired) electrons. The van der Waals surface area contributed by atoms with Gasteiger partial charge < -0.3 is 9.84 Å². The summed E-state index contributed by atoms with van der Waals surface area (Å²) in [6.07, 6.45) is -0.0282. The topological polar surface area (TPSA) is 42.4 Å². The highest BCUT2D eigenvalue weighted by molar-refractivity contribution is 9.10. The van der Waals surface area contributed by atoms with Gasteiger partial charge in [-0.1, -0.05) is 15.9 Å². The molecule has 0 spiro atoms. The van der Waals surface area contributed by atoms with Crippen molar-refractivity contribution in [3.05, 3.63) is 57.3 Å². The number of ether oxygens (including phenoxy) is 1. The fourth-order valence-corrected chi connectivity index (χ4v) is 2.63. The van der Waals surface area contributed by atoms with Crippen LogP contribution in [0.2, 0.25) is 0 Å². The molecule has 106 valence electrons. The molecule has 20 heavy (non-hydrogen) atoms. The highest BCUT2D eigenvalue weighted by atomic mass is 79.9. The van der Waals surface area contributed by atoms with Crippen molar-refractivity contribution in [2.75, 3.05) is 7.11 Å². The number of pyridine rings is 1. The van der Waals surface area contributed by atoms with Crippen LogP contribution < -0.4 is 4.74 Å². The molecule has 1 aromatic carbocycles. The maximum absolute atomic E-state index is 10.4. The Morgan fingerprint density at radius 1 is 1.20 bits per heavy atom. The van der Waals surface area contributed by atoms with E-state index in [9.17, 15) is 5.11 Å². The van der Waals surface area contributed by atoms with Crippen LogP contribution in [0.25, 0.3) is 0 Å². The molecule has 0 aliphatic heterocycles. The van der Waals surface area contributed by atoms with Crippen molar-refractivity contribution in [1.29, 1.82) is 0 Å². The van der Waals surface area contributed by atoms with Crippen molar-refractivity contribution in [1.82, 2.24) is 4.98 Å². The standard InChI is InChI=1S/C16H18BrNO2/c1-10-6-13(7-11(2)18-10)16(19)9-12-8-14(20-3)4-5-15(12)17/h4-8,16,19H,9H2,1-3H3. The zero-order valence-electron chi connectivity index (χ0n) is 11.9. The zero-order valence-corrected chi connectivity index (χ0v) is 13.4. The van der Waals surface area contributed by atoms with Gasteiger partial charge in [-0.25, -0.2) is 0 Å². The summed E-state index contributed by atoms with van der Waals surface area (Å²) >= 11 is 3.51. The Bertz CT molecular complexity index is 593. The van der Waals surface area contributed by atoms with Crippen LogP contribution in [0.4, 0.5) is 0 Å². The minimum atomic E-state index is -0.557. The van der Waals surface area contributed by atoms with Gasteiger partial charge >= 0.3 is 0 Å². The molecule has 0 aliphatic rings. The summed E-state index contributed by atoms with van der Waals surface area (Å²) in [6.45, 7) is 3.87. The maximum Gasteiger partial charge on any atom is 0.119 e. The van der Waals surface area contributed by atoms with Crippen LogP contribution in [-0.2, 0) is 6.42 Å². The van der Waals surface area contributed by atoms with E-state index < -0.39 is 6.10 Å². The summed E-state index contributed by atoms with van der Waals surface area (Å²) in [4.78, 5) is 4.33. The predicted octanol–water partition coefficient (Wildman–Crippen LogP) is 3.75. The molecule has 1 unspecified atom stereocenters. The molecule has 3 nitrogen and oxygen atoms in total. The molecule has 0 saturated carbocycles. The van der Waals surface area contributed by atoms with Crippen LogP contribution >= 0.6 is 15.9 Å². The van der Waals surface area contributed by atoms with Gasteiger partial charge in [-0.05, 0) is 55.3 Å². The lowest BCUT2D eigenvalue weighted by Crippen LogP contribution is -2.04. The molecule has 0 fully saturated rings. The molecule has 0 saturated heterocycles.